The second kappa shape index (κ2) is 11.7. The minimum Gasteiger partial charge on any atom is -0.497 e. The molecule has 2 aliphatic heterocycles. The number of piperidine rings is 1. The lowest BCUT2D eigenvalue weighted by atomic mass is 9.99. The quantitative estimate of drug-likeness (QED) is 0.507. The molecule has 1 saturated heterocycles. The van der Waals surface area contributed by atoms with E-state index in [0.717, 1.165) is 56.1 Å². The van der Waals surface area contributed by atoms with Crippen molar-refractivity contribution in [1.29, 1.82) is 5.26 Å². The Morgan fingerprint density at radius 3 is 2.69 bits per heavy atom. The van der Waals surface area contributed by atoms with E-state index < -0.39 is 5.82 Å². The molecule has 1 fully saturated rings. The van der Waals surface area contributed by atoms with E-state index in [-0.39, 0.29) is 17.9 Å². The van der Waals surface area contributed by atoms with E-state index in [9.17, 15) is 9.65 Å². The maximum Gasteiger partial charge on any atom is 0.161 e. The van der Waals surface area contributed by atoms with Gasteiger partial charge in [-0.05, 0) is 61.7 Å². The van der Waals surface area contributed by atoms with Gasteiger partial charge in [0.1, 0.15) is 30.5 Å². The summed E-state index contributed by atoms with van der Waals surface area (Å²) < 4.78 is 31.0. The van der Waals surface area contributed by atoms with Crippen LogP contribution in [0.4, 0.5) is 4.39 Å². The van der Waals surface area contributed by atoms with Crippen LogP contribution in [0.25, 0.3) is 10.9 Å². The van der Waals surface area contributed by atoms with Crippen molar-refractivity contribution >= 4 is 23.3 Å². The van der Waals surface area contributed by atoms with Gasteiger partial charge in [-0.2, -0.15) is 5.26 Å². The second-order valence-corrected chi connectivity index (χ2v) is 8.99. The van der Waals surface area contributed by atoms with Crippen molar-refractivity contribution in [2.24, 2.45) is 0 Å². The average Bonchev–Trinajstić information content (AvgIpc) is 2.90. The Morgan fingerprint density at radius 1 is 1.17 bits per heavy atom. The Bertz CT molecular complexity index is 1260. The van der Waals surface area contributed by atoms with Crippen LogP contribution in [0.1, 0.15) is 29.5 Å². The molecule has 0 radical (unpaired) electrons. The van der Waals surface area contributed by atoms with Crippen LogP contribution in [0, 0.1) is 17.1 Å². The largest absolute Gasteiger partial charge is 0.497 e. The molecule has 0 bridgehead atoms. The summed E-state index contributed by atoms with van der Waals surface area (Å²) in [4.78, 5) is 6.58. The molecule has 190 valence electrons. The van der Waals surface area contributed by atoms with Gasteiger partial charge in [-0.15, -0.1) is 12.4 Å². The Balaban J connectivity index is 0.00000304. The van der Waals surface area contributed by atoms with E-state index in [1.54, 1.807) is 6.07 Å². The molecular formula is C27H30ClFN4O3. The molecule has 1 aromatic heterocycles. The maximum atomic E-state index is 14.5. The van der Waals surface area contributed by atoms with Crippen molar-refractivity contribution in [3.8, 4) is 23.3 Å². The van der Waals surface area contributed by atoms with Crippen molar-refractivity contribution in [2.75, 3.05) is 40.0 Å². The highest BCUT2D eigenvalue weighted by molar-refractivity contribution is 5.86. The number of nitrogens with one attached hydrogen (secondary N) is 1. The van der Waals surface area contributed by atoms with Crippen LogP contribution in [0.15, 0.2) is 36.5 Å². The van der Waals surface area contributed by atoms with Crippen LogP contribution in [-0.2, 0) is 13.0 Å². The lowest BCUT2D eigenvalue weighted by molar-refractivity contribution is 0.171. The molecule has 1 N–H and O–H groups in total. The first-order valence-electron chi connectivity index (χ1n) is 12.0. The molecule has 0 atom stereocenters. The molecule has 0 amide bonds. The van der Waals surface area contributed by atoms with Gasteiger partial charge in [-0.1, -0.05) is 6.07 Å². The monoisotopic (exact) mass is 512 g/mol. The third-order valence-electron chi connectivity index (χ3n) is 6.83. The molecule has 0 aliphatic carbocycles. The molecule has 36 heavy (non-hydrogen) atoms. The van der Waals surface area contributed by atoms with Crippen LogP contribution in [0.5, 0.6) is 17.2 Å². The van der Waals surface area contributed by atoms with Gasteiger partial charge < -0.3 is 24.4 Å². The van der Waals surface area contributed by atoms with E-state index >= 15 is 0 Å². The zero-order valence-corrected chi connectivity index (χ0v) is 21.1. The van der Waals surface area contributed by atoms with E-state index in [0.29, 0.717) is 42.4 Å². The van der Waals surface area contributed by atoms with Gasteiger partial charge in [0.2, 0.25) is 0 Å². The standard InChI is InChI=1S/C27H29FN4O3.ClH/c1-33-21-13-23-22(19(15-29)17-31-27(23)24(28)14-21)6-9-32-7-4-20(5-8-32)30-16-18-2-3-25-26(12-18)35-11-10-34-25;/h2-3,12-14,17,20,30H,4-11,16H2,1H3;1H. The Labute approximate surface area is 216 Å². The number of fused-ring (bicyclic) bond motifs is 2. The van der Waals surface area contributed by atoms with Crippen molar-refractivity contribution in [1.82, 2.24) is 15.2 Å². The third-order valence-corrected chi connectivity index (χ3v) is 6.83. The van der Waals surface area contributed by atoms with Gasteiger partial charge in [-0.25, -0.2) is 4.39 Å². The second-order valence-electron chi connectivity index (χ2n) is 8.99. The van der Waals surface area contributed by atoms with Crippen molar-refractivity contribution in [2.45, 2.75) is 31.8 Å². The highest BCUT2D eigenvalue weighted by Crippen LogP contribution is 2.31. The number of nitriles is 1. The van der Waals surface area contributed by atoms with Crippen LogP contribution in [0.3, 0.4) is 0 Å². The molecule has 0 unspecified atom stereocenters. The summed E-state index contributed by atoms with van der Waals surface area (Å²) in [5.74, 6) is 1.63. The number of halogens is 2. The zero-order valence-electron chi connectivity index (χ0n) is 20.3. The molecule has 2 aromatic carbocycles. The van der Waals surface area contributed by atoms with Gasteiger partial charge >= 0.3 is 0 Å². The third kappa shape index (κ3) is 5.65. The zero-order chi connectivity index (χ0) is 24.2. The Kier molecular flexibility index (Phi) is 8.47. The Morgan fingerprint density at radius 2 is 1.94 bits per heavy atom. The van der Waals surface area contributed by atoms with Crippen LogP contribution in [-0.4, -0.2) is 55.9 Å². The fraction of sp³-hybridized carbons (Fsp3) is 0.407. The number of methoxy groups -OCH3 is 1. The van der Waals surface area contributed by atoms with Gasteiger partial charge in [0.15, 0.2) is 17.3 Å². The van der Waals surface area contributed by atoms with E-state index in [2.05, 4.69) is 33.4 Å². The highest BCUT2D eigenvalue weighted by Gasteiger charge is 2.21. The van der Waals surface area contributed by atoms with Crippen molar-refractivity contribution in [3.63, 3.8) is 0 Å². The minimum atomic E-state index is -0.435. The molecule has 3 aromatic rings. The predicted octanol–water partition coefficient (Wildman–Crippen LogP) is 4.24. The predicted molar refractivity (Wildman–Crippen MR) is 138 cm³/mol. The van der Waals surface area contributed by atoms with E-state index in [1.807, 2.05) is 6.07 Å². The summed E-state index contributed by atoms with van der Waals surface area (Å²) in [5, 5.41) is 13.9. The fourth-order valence-electron chi connectivity index (χ4n) is 4.86. The molecule has 0 spiro atoms. The number of aromatic nitrogens is 1. The van der Waals surface area contributed by atoms with Gasteiger partial charge in [0, 0.05) is 36.8 Å². The summed E-state index contributed by atoms with van der Waals surface area (Å²) >= 11 is 0. The van der Waals surface area contributed by atoms with E-state index in [4.69, 9.17) is 14.2 Å². The van der Waals surface area contributed by atoms with Crippen LogP contribution < -0.4 is 19.5 Å². The van der Waals surface area contributed by atoms with Gasteiger partial charge in [-0.3, -0.25) is 4.98 Å². The number of ether oxygens (including phenoxy) is 3. The number of pyridine rings is 1. The maximum absolute atomic E-state index is 14.5. The van der Waals surface area contributed by atoms with Crippen LogP contribution in [0.2, 0.25) is 0 Å². The number of likely N-dealkylation sites (tertiary alicyclic amines) is 1. The smallest absolute Gasteiger partial charge is 0.161 e. The van der Waals surface area contributed by atoms with E-state index in [1.165, 1.54) is 24.9 Å². The normalized spacial score (nSPS) is 15.8. The van der Waals surface area contributed by atoms with Crippen LogP contribution >= 0.6 is 12.4 Å². The summed E-state index contributed by atoms with van der Waals surface area (Å²) in [7, 11) is 1.51. The lowest BCUT2D eigenvalue weighted by Crippen LogP contribution is -2.42. The molecule has 7 nitrogen and oxygen atoms in total. The first kappa shape index (κ1) is 26.0. The minimum absolute atomic E-state index is 0. The van der Waals surface area contributed by atoms with Crippen molar-refractivity contribution < 1.29 is 18.6 Å². The summed E-state index contributed by atoms with van der Waals surface area (Å²) in [6.45, 7) is 4.74. The van der Waals surface area contributed by atoms with Gasteiger partial charge in [0.25, 0.3) is 0 Å². The first-order chi connectivity index (χ1) is 17.1. The number of hydrogen-bond donors (Lipinski definition) is 1. The molecular weight excluding hydrogens is 483 g/mol. The summed E-state index contributed by atoms with van der Waals surface area (Å²) in [6, 6.07) is 11.9. The molecule has 5 rings (SSSR count). The van der Waals surface area contributed by atoms with Gasteiger partial charge in [0.05, 0.1) is 12.7 Å². The topological polar surface area (TPSA) is 79.6 Å². The van der Waals surface area contributed by atoms with Crippen molar-refractivity contribution in [3.05, 3.63) is 59.0 Å². The average molecular weight is 513 g/mol. The molecule has 3 heterocycles. The highest BCUT2D eigenvalue weighted by atomic mass is 35.5. The number of hydrogen-bond acceptors (Lipinski definition) is 7. The Hall–Kier alpha value is -3.12. The lowest BCUT2D eigenvalue weighted by Gasteiger charge is -2.32. The number of rotatable bonds is 7. The number of benzene rings is 2. The molecule has 0 saturated carbocycles. The molecule has 9 heteroatoms. The number of nitrogens with zero attached hydrogens (tertiary/aromatic N) is 3. The molecule has 2 aliphatic rings. The fourth-order valence-corrected chi connectivity index (χ4v) is 4.86. The SMILES string of the molecule is COc1cc(F)c2ncc(C#N)c(CCN3CCC(NCc4ccc5c(c4)OCCO5)CC3)c2c1.Cl. The summed E-state index contributed by atoms with van der Waals surface area (Å²) in [5.41, 5.74) is 2.78. The summed E-state index contributed by atoms with van der Waals surface area (Å²) in [6.07, 6.45) is 4.23. The first-order valence-corrected chi connectivity index (χ1v) is 12.0.